The Hall–Kier alpha value is -5.42. The number of rotatable bonds is 13. The lowest BCUT2D eigenvalue weighted by atomic mass is 10.0. The van der Waals surface area contributed by atoms with Gasteiger partial charge in [0.05, 0.1) is 24.8 Å². The van der Waals surface area contributed by atoms with Crippen LogP contribution >= 0.6 is 46.4 Å². The van der Waals surface area contributed by atoms with Gasteiger partial charge in [-0.25, -0.2) is 0 Å². The number of benzene rings is 4. The van der Waals surface area contributed by atoms with Crippen LogP contribution in [0.25, 0.3) is 21.8 Å². The number of halogens is 10. The maximum atomic E-state index is 14.4. The van der Waals surface area contributed by atoms with Gasteiger partial charge in [0.2, 0.25) is 0 Å². The van der Waals surface area contributed by atoms with Crippen molar-refractivity contribution in [1.82, 2.24) is 19.8 Å². The molecule has 2 aliphatic carbocycles. The standard InChI is InChI=1S/C23H19Cl2F3N2O3.C22H17Cl2F3N2O3/c1-2-33-15-7-8-18-16(10-15)19(20(31)22(32)29-14-5-6-14)21(23(26,27)28)30(18)11-12-3-4-13(24)9-17(12)25;1-32-14-6-7-17-15(9-14)18(19(30)21(31)28-13-4-5-13)20(22(25,26)27)29(17)10-11-2-3-12(23)8-16(11)24/h3-4,7-10,14H,2,5-6,11H2,1H3,(H,29,32);2-3,6-9,13H,4-5,10H2,1H3,(H,28,31). The summed E-state index contributed by atoms with van der Waals surface area (Å²) in [6, 6.07) is 17.1. The van der Waals surface area contributed by atoms with Crippen molar-refractivity contribution in [3.05, 3.63) is 127 Å². The van der Waals surface area contributed by atoms with Gasteiger partial charge in [0.1, 0.15) is 22.9 Å². The highest BCUT2D eigenvalue weighted by atomic mass is 35.5. The Morgan fingerprint density at radius 2 is 1.02 bits per heavy atom. The van der Waals surface area contributed by atoms with Crippen LogP contribution in [0.15, 0.2) is 72.8 Å². The maximum absolute atomic E-state index is 14.4. The fraction of sp³-hybridized carbons (Fsp3) is 0.289. The molecular weight excluding hydrogens is 948 g/mol. The van der Waals surface area contributed by atoms with Gasteiger partial charge in [0, 0.05) is 67.1 Å². The van der Waals surface area contributed by atoms with Gasteiger partial charge in [0.15, 0.2) is 0 Å². The monoisotopic (exact) mass is 982 g/mol. The van der Waals surface area contributed by atoms with E-state index in [1.165, 1.54) is 79.9 Å². The topological polar surface area (TPSA) is 121 Å². The second-order valence-electron chi connectivity index (χ2n) is 15.2. The molecule has 0 spiro atoms. The van der Waals surface area contributed by atoms with Crippen molar-refractivity contribution in [2.24, 2.45) is 0 Å². The summed E-state index contributed by atoms with van der Waals surface area (Å²) in [7, 11) is 1.36. The highest BCUT2D eigenvalue weighted by molar-refractivity contribution is 6.46. The maximum Gasteiger partial charge on any atom is 0.432 e. The number of Topliss-reactive ketones (excluding diaryl/α,β-unsaturated/α-hetero) is 2. The fourth-order valence-corrected chi connectivity index (χ4v) is 8.19. The second kappa shape index (κ2) is 18.8. The van der Waals surface area contributed by atoms with Crippen LogP contribution in [-0.2, 0) is 35.0 Å². The molecule has 0 saturated heterocycles. The van der Waals surface area contributed by atoms with E-state index in [0.717, 1.165) is 9.13 Å². The Labute approximate surface area is 386 Å². The van der Waals surface area contributed by atoms with Crippen molar-refractivity contribution in [3.8, 4) is 11.5 Å². The number of hydrogen-bond acceptors (Lipinski definition) is 6. The Bertz CT molecular complexity index is 2870. The third-order valence-corrected chi connectivity index (χ3v) is 11.7. The summed E-state index contributed by atoms with van der Waals surface area (Å²) < 4.78 is 98.5. The van der Waals surface area contributed by atoms with Gasteiger partial charge in [-0.05, 0) is 104 Å². The molecule has 2 heterocycles. The average molecular weight is 985 g/mol. The number of ketones is 2. The smallest absolute Gasteiger partial charge is 0.432 e. The molecule has 2 saturated carbocycles. The molecule has 0 bridgehead atoms. The molecule has 342 valence electrons. The van der Waals surface area contributed by atoms with Crippen LogP contribution in [0, 0.1) is 0 Å². The van der Waals surface area contributed by atoms with Gasteiger partial charge in [-0.2, -0.15) is 26.3 Å². The first kappa shape index (κ1) is 47.5. The SMILES string of the molecule is CCOc1ccc2c(c1)c(C(=O)C(=O)NC1CC1)c(C(F)(F)F)n2Cc1ccc(Cl)cc1Cl.COc1ccc2c(c1)c(C(=O)C(=O)NC1CC1)c(C(F)(F)F)n2Cc1ccc(Cl)cc1Cl. The molecule has 2 amide bonds. The number of nitrogens with one attached hydrogen (secondary N) is 2. The van der Waals surface area contributed by atoms with E-state index in [9.17, 15) is 45.5 Å². The highest BCUT2D eigenvalue weighted by Gasteiger charge is 2.45. The second-order valence-corrected chi connectivity index (χ2v) is 16.9. The summed E-state index contributed by atoms with van der Waals surface area (Å²) in [5, 5.41) is 5.94. The molecule has 2 N–H and O–H groups in total. The van der Waals surface area contributed by atoms with Crippen LogP contribution in [0.3, 0.4) is 0 Å². The van der Waals surface area contributed by atoms with E-state index >= 15 is 0 Å². The van der Waals surface area contributed by atoms with E-state index in [-0.39, 0.29) is 75.1 Å². The number of hydrogen-bond donors (Lipinski definition) is 2. The molecule has 2 aromatic heterocycles. The van der Waals surface area contributed by atoms with Gasteiger partial charge in [-0.3, -0.25) is 19.2 Å². The lowest BCUT2D eigenvalue weighted by Gasteiger charge is -2.15. The molecule has 6 aromatic rings. The van der Waals surface area contributed by atoms with Crippen LogP contribution in [-0.4, -0.2) is 58.3 Å². The number of fused-ring (bicyclic) bond motifs is 2. The summed E-state index contributed by atoms with van der Waals surface area (Å²) in [5.74, 6) is -4.07. The summed E-state index contributed by atoms with van der Waals surface area (Å²) in [4.78, 5) is 50.9. The van der Waals surface area contributed by atoms with E-state index in [0.29, 0.717) is 46.9 Å². The zero-order valence-electron chi connectivity index (χ0n) is 34.2. The Morgan fingerprint density at radius 1 is 0.615 bits per heavy atom. The van der Waals surface area contributed by atoms with Crippen LogP contribution < -0.4 is 20.1 Å². The number of aromatic nitrogens is 2. The van der Waals surface area contributed by atoms with Gasteiger partial charge < -0.3 is 29.2 Å². The molecule has 20 heteroatoms. The normalized spacial score (nSPS) is 13.9. The molecule has 0 atom stereocenters. The highest BCUT2D eigenvalue weighted by Crippen LogP contribution is 2.43. The van der Waals surface area contributed by atoms with Crippen molar-refractivity contribution in [3.63, 3.8) is 0 Å². The Kier molecular flexibility index (Phi) is 13.8. The van der Waals surface area contributed by atoms with Gasteiger partial charge in [-0.1, -0.05) is 58.5 Å². The minimum Gasteiger partial charge on any atom is -0.497 e. The van der Waals surface area contributed by atoms with Gasteiger partial charge in [0.25, 0.3) is 23.4 Å². The lowest BCUT2D eigenvalue weighted by Crippen LogP contribution is -2.34. The number of carbonyl (C=O) groups excluding carboxylic acids is 4. The lowest BCUT2D eigenvalue weighted by molar-refractivity contribution is -0.144. The molecule has 65 heavy (non-hydrogen) atoms. The minimum absolute atomic E-state index is 0.0192. The summed E-state index contributed by atoms with van der Waals surface area (Å²) in [5.41, 5.74) is -2.87. The molecule has 0 radical (unpaired) electrons. The molecule has 8 rings (SSSR count). The minimum atomic E-state index is -4.92. The third kappa shape index (κ3) is 10.5. The zero-order chi connectivity index (χ0) is 47.1. The number of methoxy groups -OCH3 is 1. The first-order chi connectivity index (χ1) is 30.7. The summed E-state index contributed by atoms with van der Waals surface area (Å²) in [6.45, 7) is 1.44. The number of carbonyl (C=O) groups is 4. The number of alkyl halides is 6. The van der Waals surface area contributed by atoms with Crippen molar-refractivity contribution in [2.75, 3.05) is 13.7 Å². The predicted octanol–water partition coefficient (Wildman–Crippen LogP) is 11.4. The molecule has 10 nitrogen and oxygen atoms in total. The van der Waals surface area contributed by atoms with E-state index in [4.69, 9.17) is 55.9 Å². The third-order valence-electron chi connectivity index (χ3n) is 10.5. The van der Waals surface area contributed by atoms with E-state index in [2.05, 4.69) is 10.6 Å². The van der Waals surface area contributed by atoms with Crippen molar-refractivity contribution < 1.29 is 55.0 Å². The molecule has 2 aliphatic rings. The summed E-state index contributed by atoms with van der Waals surface area (Å²) in [6.07, 6.45) is -7.08. The fourth-order valence-electron chi connectivity index (χ4n) is 7.25. The number of ether oxygens (including phenoxy) is 2. The molecule has 4 aromatic carbocycles. The van der Waals surface area contributed by atoms with E-state index in [1.807, 2.05) is 0 Å². The first-order valence-electron chi connectivity index (χ1n) is 19.9. The van der Waals surface area contributed by atoms with Crippen molar-refractivity contribution in [2.45, 2.75) is 70.1 Å². The molecule has 2 fully saturated rings. The molecule has 0 unspecified atom stereocenters. The molecule has 0 aliphatic heterocycles. The van der Waals surface area contributed by atoms with Crippen LogP contribution in [0.1, 0.15) is 75.8 Å². The van der Waals surface area contributed by atoms with Crippen LogP contribution in [0.4, 0.5) is 26.3 Å². The largest absolute Gasteiger partial charge is 0.497 e. The van der Waals surface area contributed by atoms with Crippen LogP contribution in [0.5, 0.6) is 11.5 Å². The number of nitrogens with zero attached hydrogens (tertiary/aromatic N) is 2. The van der Waals surface area contributed by atoms with Gasteiger partial charge in [-0.15, -0.1) is 0 Å². The van der Waals surface area contributed by atoms with Gasteiger partial charge >= 0.3 is 12.4 Å². The molecular formula is C45H36Cl4F6N4O6. The zero-order valence-corrected chi connectivity index (χ0v) is 37.2. The number of amides is 2. The van der Waals surface area contributed by atoms with Crippen LogP contribution in [0.2, 0.25) is 20.1 Å². The quantitative estimate of drug-likeness (QED) is 0.0675. The Morgan fingerprint density at radius 3 is 1.37 bits per heavy atom. The van der Waals surface area contributed by atoms with E-state index in [1.54, 1.807) is 6.92 Å². The Balaban J connectivity index is 0.000000194. The summed E-state index contributed by atoms with van der Waals surface area (Å²) >= 11 is 24.2. The van der Waals surface area contributed by atoms with Crippen molar-refractivity contribution >= 4 is 91.6 Å². The van der Waals surface area contributed by atoms with Crippen molar-refractivity contribution in [1.29, 1.82) is 0 Å². The predicted molar refractivity (Wildman–Crippen MR) is 234 cm³/mol. The average Bonchev–Trinajstić information content (AvgIpc) is 4.18. The first-order valence-corrected chi connectivity index (χ1v) is 21.4. The van der Waals surface area contributed by atoms with E-state index < -0.39 is 58.2 Å².